The van der Waals surface area contributed by atoms with Crippen LogP contribution in [-0.2, 0) is 0 Å². The number of rotatable bonds is 1. The number of benzene rings is 1. The van der Waals surface area contributed by atoms with Crippen molar-refractivity contribution in [2.75, 3.05) is 0 Å². The number of aromatic nitrogens is 2. The quantitative estimate of drug-likeness (QED) is 0.639. The Kier molecular flexibility index (Phi) is 2.94. The van der Waals surface area contributed by atoms with Crippen LogP contribution in [0.3, 0.4) is 0 Å². The Morgan fingerprint density at radius 3 is 2.73 bits per heavy atom. The monoisotopic (exact) mass is 308 g/mol. The second-order valence-electron chi connectivity index (χ2n) is 2.64. The normalized spacial score (nSPS) is 10.6. The molecule has 0 atom stereocenters. The average molecular weight is 309 g/mol. The maximum Gasteiger partial charge on any atom is 0.176 e. The van der Waals surface area contributed by atoms with E-state index in [1.54, 1.807) is 0 Å². The highest BCUT2D eigenvalue weighted by Gasteiger charge is 2.16. The highest BCUT2D eigenvalue weighted by atomic mass is 79.9. The zero-order valence-corrected chi connectivity index (χ0v) is 10.3. The van der Waals surface area contributed by atoms with E-state index >= 15 is 0 Å². The molecule has 2 aromatic rings. The molecule has 78 valence electrons. The van der Waals surface area contributed by atoms with Gasteiger partial charge in [0.05, 0.1) is 10.0 Å². The van der Waals surface area contributed by atoms with Gasteiger partial charge in [0, 0.05) is 0 Å². The van der Waals surface area contributed by atoms with E-state index in [4.69, 9.17) is 12.2 Å². The van der Waals surface area contributed by atoms with Gasteiger partial charge in [0.1, 0.15) is 5.82 Å². The molecule has 1 N–H and O–H groups in total. The van der Waals surface area contributed by atoms with Crippen LogP contribution in [0.15, 0.2) is 16.6 Å². The molecule has 0 fully saturated rings. The highest BCUT2D eigenvalue weighted by molar-refractivity contribution is 9.10. The van der Waals surface area contributed by atoms with E-state index in [9.17, 15) is 8.78 Å². The Hall–Kier alpha value is -0.660. The van der Waals surface area contributed by atoms with Gasteiger partial charge >= 0.3 is 0 Å². The smallest absolute Gasteiger partial charge is 0.176 e. The average Bonchev–Trinajstić information content (AvgIpc) is 2.59. The summed E-state index contributed by atoms with van der Waals surface area (Å²) in [6.07, 6.45) is 0. The van der Waals surface area contributed by atoms with Crippen LogP contribution in [0.1, 0.15) is 0 Å². The zero-order chi connectivity index (χ0) is 11.0. The number of aromatic amines is 1. The van der Waals surface area contributed by atoms with E-state index in [0.29, 0.717) is 3.95 Å². The first kappa shape index (κ1) is 10.8. The third-order valence-corrected chi connectivity index (χ3v) is 3.42. The summed E-state index contributed by atoms with van der Waals surface area (Å²) in [5.74, 6) is -1.33. The maximum absolute atomic E-state index is 13.6. The minimum atomic E-state index is -0.673. The predicted molar refractivity (Wildman–Crippen MR) is 60.4 cm³/mol. The van der Waals surface area contributed by atoms with Crippen LogP contribution in [0.4, 0.5) is 8.78 Å². The van der Waals surface area contributed by atoms with Crippen molar-refractivity contribution in [1.29, 1.82) is 0 Å². The Balaban J connectivity index is 2.71. The Bertz CT molecular complexity index is 564. The van der Waals surface area contributed by atoms with Crippen LogP contribution >= 0.6 is 39.5 Å². The van der Waals surface area contributed by atoms with E-state index in [0.717, 1.165) is 11.3 Å². The van der Waals surface area contributed by atoms with Gasteiger partial charge in [-0.1, -0.05) is 11.3 Å². The van der Waals surface area contributed by atoms with Crippen molar-refractivity contribution in [2.24, 2.45) is 0 Å². The number of nitrogens with zero attached hydrogens (tertiary/aromatic N) is 1. The van der Waals surface area contributed by atoms with Crippen molar-refractivity contribution in [3.05, 3.63) is 32.2 Å². The second-order valence-corrected chi connectivity index (χ2v) is 5.16. The van der Waals surface area contributed by atoms with Crippen LogP contribution in [0.5, 0.6) is 0 Å². The third-order valence-electron chi connectivity index (χ3n) is 1.70. The molecule has 2 nitrogen and oxygen atoms in total. The minimum Gasteiger partial charge on any atom is -0.258 e. The number of nitrogens with one attached hydrogen (secondary N) is 1. The predicted octanol–water partition coefficient (Wildman–Crippen LogP) is 3.91. The van der Waals surface area contributed by atoms with E-state index in [1.807, 2.05) is 0 Å². The molecular weight excluding hydrogens is 306 g/mol. The summed E-state index contributed by atoms with van der Waals surface area (Å²) in [4.78, 5) is 0. The third kappa shape index (κ3) is 1.99. The summed E-state index contributed by atoms with van der Waals surface area (Å²) in [5, 5.41) is 6.42. The van der Waals surface area contributed by atoms with E-state index in [-0.39, 0.29) is 15.0 Å². The minimum absolute atomic E-state index is 0.165. The van der Waals surface area contributed by atoms with Gasteiger partial charge in [-0.05, 0) is 40.3 Å². The molecule has 0 spiro atoms. The molecule has 15 heavy (non-hydrogen) atoms. The van der Waals surface area contributed by atoms with Crippen LogP contribution < -0.4 is 0 Å². The second kappa shape index (κ2) is 4.07. The van der Waals surface area contributed by atoms with Gasteiger partial charge in [0.15, 0.2) is 14.8 Å². The van der Waals surface area contributed by atoms with E-state index < -0.39 is 11.6 Å². The molecule has 0 aliphatic carbocycles. The fourth-order valence-corrected chi connectivity index (χ4v) is 2.32. The topological polar surface area (TPSA) is 28.7 Å². The molecule has 2 rings (SSSR count). The fourth-order valence-electron chi connectivity index (χ4n) is 1.06. The first-order chi connectivity index (χ1) is 7.09. The van der Waals surface area contributed by atoms with Gasteiger partial charge in [0.25, 0.3) is 0 Å². The molecule has 0 radical (unpaired) electrons. The molecule has 0 amide bonds. The lowest BCUT2D eigenvalue weighted by atomic mass is 10.2. The van der Waals surface area contributed by atoms with E-state index in [1.165, 1.54) is 12.1 Å². The van der Waals surface area contributed by atoms with Crippen LogP contribution in [-0.4, -0.2) is 10.2 Å². The van der Waals surface area contributed by atoms with Gasteiger partial charge in [-0.15, -0.1) is 0 Å². The molecule has 1 aromatic heterocycles. The van der Waals surface area contributed by atoms with Crippen molar-refractivity contribution >= 4 is 39.5 Å². The number of H-pyrrole nitrogens is 1. The van der Waals surface area contributed by atoms with Crippen molar-refractivity contribution in [3.8, 4) is 10.6 Å². The molecule has 1 heterocycles. The Morgan fingerprint density at radius 2 is 2.13 bits per heavy atom. The molecule has 0 bridgehead atoms. The largest absolute Gasteiger partial charge is 0.258 e. The molecular formula is C8H3BrF2N2S2. The van der Waals surface area contributed by atoms with E-state index in [2.05, 4.69) is 26.1 Å². The zero-order valence-electron chi connectivity index (χ0n) is 7.05. The molecule has 0 aliphatic heterocycles. The summed E-state index contributed by atoms with van der Waals surface area (Å²) >= 11 is 8.80. The van der Waals surface area contributed by atoms with Crippen molar-refractivity contribution < 1.29 is 8.78 Å². The van der Waals surface area contributed by atoms with Gasteiger partial charge in [-0.2, -0.15) is 5.10 Å². The van der Waals surface area contributed by atoms with Gasteiger partial charge in [0.2, 0.25) is 0 Å². The lowest BCUT2D eigenvalue weighted by Gasteiger charge is -2.01. The van der Waals surface area contributed by atoms with Crippen molar-refractivity contribution in [1.82, 2.24) is 10.2 Å². The van der Waals surface area contributed by atoms with Crippen LogP contribution in [0.25, 0.3) is 10.6 Å². The van der Waals surface area contributed by atoms with Gasteiger partial charge in [-0.3, -0.25) is 5.10 Å². The van der Waals surface area contributed by atoms with Crippen molar-refractivity contribution in [2.45, 2.75) is 0 Å². The number of halogens is 3. The SMILES string of the molecule is Fc1ccc(Br)c(F)c1-c1n[nH]c(=S)s1. The Labute approximate surface area is 101 Å². The summed E-state index contributed by atoms with van der Waals surface area (Å²) in [5.41, 5.74) is -0.165. The molecule has 1 aromatic carbocycles. The molecule has 0 saturated heterocycles. The lowest BCUT2D eigenvalue weighted by molar-refractivity contribution is 0.585. The summed E-state index contributed by atoms with van der Waals surface area (Å²) in [6.45, 7) is 0. The highest BCUT2D eigenvalue weighted by Crippen LogP contribution is 2.31. The Morgan fingerprint density at radius 1 is 1.40 bits per heavy atom. The molecule has 0 aliphatic rings. The van der Waals surface area contributed by atoms with Crippen LogP contribution in [0, 0.1) is 15.6 Å². The molecule has 7 heteroatoms. The summed E-state index contributed by atoms with van der Waals surface area (Å²) in [6, 6.07) is 2.48. The maximum atomic E-state index is 13.6. The standard InChI is InChI=1S/C8H3BrF2N2S2/c9-3-1-2-4(10)5(6(3)11)7-12-13-8(14)15-7/h1-2H,(H,13,14). The van der Waals surface area contributed by atoms with Gasteiger partial charge in [-0.25, -0.2) is 8.78 Å². The molecule has 0 unspecified atom stereocenters. The fraction of sp³-hybridized carbons (Fsp3) is 0. The first-order valence-corrected chi connectivity index (χ1v) is 5.80. The summed E-state index contributed by atoms with van der Waals surface area (Å²) < 4.78 is 27.5. The number of hydrogen-bond acceptors (Lipinski definition) is 3. The first-order valence-electron chi connectivity index (χ1n) is 3.79. The van der Waals surface area contributed by atoms with Crippen molar-refractivity contribution in [3.63, 3.8) is 0 Å². The van der Waals surface area contributed by atoms with Gasteiger partial charge < -0.3 is 0 Å². The lowest BCUT2D eigenvalue weighted by Crippen LogP contribution is -1.90. The van der Waals surface area contributed by atoms with Crippen LogP contribution in [0.2, 0.25) is 0 Å². The number of hydrogen-bond donors (Lipinski definition) is 1. The summed E-state index contributed by atoms with van der Waals surface area (Å²) in [7, 11) is 0. The molecule has 0 saturated carbocycles.